The van der Waals surface area contributed by atoms with Crippen LogP contribution in [0.4, 0.5) is 0 Å². The lowest BCUT2D eigenvalue weighted by atomic mass is 10.1. The Bertz CT molecular complexity index is 1280. The van der Waals surface area contributed by atoms with Gasteiger partial charge in [0.15, 0.2) is 0 Å². The second kappa shape index (κ2) is 10.8. The average molecular weight is 418 g/mol. The molecule has 0 N–H and O–H groups in total. The molecule has 0 amide bonds. The van der Waals surface area contributed by atoms with Gasteiger partial charge >= 0.3 is 11.9 Å². The van der Waals surface area contributed by atoms with Gasteiger partial charge in [-0.2, -0.15) is 0 Å². The molecule has 32 heavy (non-hydrogen) atoms. The summed E-state index contributed by atoms with van der Waals surface area (Å²) >= 11 is 0. The maximum Gasteiger partial charge on any atom is 0.335 e. The Hall–Kier alpha value is -4.80. The highest BCUT2D eigenvalue weighted by atomic mass is 16.5. The topological polar surface area (TPSA) is 52.6 Å². The van der Waals surface area contributed by atoms with Gasteiger partial charge in [0.25, 0.3) is 0 Å². The number of hydrogen-bond acceptors (Lipinski definition) is 4. The maximum absolute atomic E-state index is 11.5. The van der Waals surface area contributed by atoms with E-state index in [2.05, 4.69) is 36.8 Å². The molecule has 0 atom stereocenters. The second-order valence-electron chi connectivity index (χ2n) is 6.35. The van der Waals surface area contributed by atoms with Gasteiger partial charge in [0, 0.05) is 28.8 Å². The minimum absolute atomic E-state index is 0.387. The third-order valence-electron chi connectivity index (χ3n) is 4.08. The second-order valence-corrected chi connectivity index (χ2v) is 6.35. The van der Waals surface area contributed by atoms with Crippen molar-refractivity contribution in [1.82, 2.24) is 0 Å². The van der Waals surface area contributed by atoms with Gasteiger partial charge in [-0.25, -0.2) is 9.59 Å². The number of rotatable bonds is 4. The molecule has 0 heterocycles. The van der Waals surface area contributed by atoms with Crippen molar-refractivity contribution in [2.75, 3.05) is 0 Å². The van der Waals surface area contributed by atoms with Crippen LogP contribution in [0.3, 0.4) is 0 Å². The van der Waals surface area contributed by atoms with Gasteiger partial charge in [0.2, 0.25) is 0 Å². The van der Waals surface area contributed by atoms with E-state index in [4.69, 9.17) is 9.47 Å². The highest BCUT2D eigenvalue weighted by Gasteiger charge is 2.04. The fourth-order valence-electron chi connectivity index (χ4n) is 2.49. The zero-order chi connectivity index (χ0) is 22.8. The van der Waals surface area contributed by atoms with Crippen LogP contribution in [0.1, 0.15) is 22.3 Å². The average Bonchev–Trinajstić information content (AvgIpc) is 2.83. The van der Waals surface area contributed by atoms with E-state index < -0.39 is 11.9 Å². The smallest absolute Gasteiger partial charge is 0.335 e. The molecule has 3 aromatic carbocycles. The Morgan fingerprint density at radius 2 is 1.09 bits per heavy atom. The van der Waals surface area contributed by atoms with Gasteiger partial charge < -0.3 is 9.47 Å². The van der Waals surface area contributed by atoms with E-state index >= 15 is 0 Å². The van der Waals surface area contributed by atoms with Crippen LogP contribution < -0.4 is 9.47 Å². The van der Waals surface area contributed by atoms with E-state index in [1.807, 2.05) is 30.3 Å². The molecule has 3 rings (SSSR count). The molecule has 0 aliphatic carbocycles. The van der Waals surface area contributed by atoms with Crippen LogP contribution in [-0.2, 0) is 9.59 Å². The third-order valence-corrected chi connectivity index (χ3v) is 4.08. The van der Waals surface area contributed by atoms with Crippen LogP contribution in [0.5, 0.6) is 11.5 Å². The third kappa shape index (κ3) is 6.35. The summed E-state index contributed by atoms with van der Waals surface area (Å²) in [5.74, 6) is 12.0. The molecule has 0 spiro atoms. The summed E-state index contributed by atoms with van der Waals surface area (Å²) < 4.78 is 10.2. The van der Waals surface area contributed by atoms with Crippen LogP contribution in [0.15, 0.2) is 98.1 Å². The first-order valence-corrected chi connectivity index (χ1v) is 9.59. The Labute approximate surface area is 186 Å². The fourth-order valence-corrected chi connectivity index (χ4v) is 2.49. The van der Waals surface area contributed by atoms with Gasteiger partial charge in [-0.1, -0.05) is 49.0 Å². The van der Waals surface area contributed by atoms with Crippen LogP contribution in [0.25, 0.3) is 0 Å². The first-order chi connectivity index (χ1) is 15.6. The van der Waals surface area contributed by atoms with E-state index in [1.165, 1.54) is 0 Å². The lowest BCUT2D eigenvalue weighted by Crippen LogP contribution is -2.04. The number of carbonyl (C=O) groups is 2. The summed E-state index contributed by atoms with van der Waals surface area (Å²) in [6, 6.07) is 21.4. The maximum atomic E-state index is 11.5. The highest BCUT2D eigenvalue weighted by Crippen LogP contribution is 2.17. The summed E-state index contributed by atoms with van der Waals surface area (Å²) in [5.41, 5.74) is 3.03. The number of hydrogen-bond donors (Lipinski definition) is 0. The Morgan fingerprint density at radius 1 is 0.625 bits per heavy atom. The van der Waals surface area contributed by atoms with Crippen molar-refractivity contribution in [3.63, 3.8) is 0 Å². The molecular weight excluding hydrogens is 400 g/mol. The van der Waals surface area contributed by atoms with Crippen molar-refractivity contribution in [2.45, 2.75) is 0 Å². The predicted molar refractivity (Wildman–Crippen MR) is 123 cm³/mol. The Balaban J connectivity index is 1.69. The zero-order valence-corrected chi connectivity index (χ0v) is 17.1. The summed E-state index contributed by atoms with van der Waals surface area (Å²) in [4.78, 5) is 22.7. The molecule has 0 radical (unpaired) electrons. The number of esters is 2. The summed E-state index contributed by atoms with van der Waals surface area (Å²) in [5, 5.41) is 0. The minimum atomic E-state index is -0.533. The SMILES string of the molecule is C=CC(=O)Oc1ccc(C#Cc2ccc(C#Cc3ccccc3OC(=O)C=C)cc2)cc1. The molecule has 0 unspecified atom stereocenters. The number of benzene rings is 3. The summed E-state index contributed by atoms with van der Waals surface area (Å²) in [7, 11) is 0. The molecule has 0 aliphatic rings. The van der Waals surface area contributed by atoms with Gasteiger partial charge in [0.05, 0.1) is 5.56 Å². The van der Waals surface area contributed by atoms with Crippen LogP contribution >= 0.6 is 0 Å². The quantitative estimate of drug-likeness (QED) is 0.267. The van der Waals surface area contributed by atoms with Gasteiger partial charge in [-0.05, 0) is 60.7 Å². The Kier molecular flexibility index (Phi) is 7.41. The van der Waals surface area contributed by atoms with E-state index in [9.17, 15) is 9.59 Å². The van der Waals surface area contributed by atoms with E-state index in [0.29, 0.717) is 17.1 Å². The number of carbonyl (C=O) groups excluding carboxylic acids is 2. The molecule has 0 bridgehead atoms. The predicted octanol–water partition coefficient (Wildman–Crippen LogP) is 4.67. The molecule has 0 aliphatic heterocycles. The molecule has 0 aromatic heterocycles. The van der Waals surface area contributed by atoms with E-state index in [1.54, 1.807) is 42.5 Å². The molecule has 0 saturated heterocycles. The van der Waals surface area contributed by atoms with Crippen LogP contribution in [0, 0.1) is 23.7 Å². The van der Waals surface area contributed by atoms with Gasteiger partial charge in [-0.3, -0.25) is 0 Å². The van der Waals surface area contributed by atoms with Crippen LogP contribution in [0.2, 0.25) is 0 Å². The van der Waals surface area contributed by atoms with Crippen LogP contribution in [-0.4, -0.2) is 11.9 Å². The highest BCUT2D eigenvalue weighted by molar-refractivity contribution is 5.84. The van der Waals surface area contributed by atoms with Gasteiger partial charge in [-0.15, -0.1) is 0 Å². The zero-order valence-electron chi connectivity index (χ0n) is 17.1. The largest absolute Gasteiger partial charge is 0.423 e. The first kappa shape index (κ1) is 21.9. The molecule has 4 heteroatoms. The summed E-state index contributed by atoms with van der Waals surface area (Å²) in [6.07, 6.45) is 2.22. The van der Waals surface area contributed by atoms with Gasteiger partial charge in [0.1, 0.15) is 11.5 Å². The normalized spacial score (nSPS) is 9.25. The van der Waals surface area contributed by atoms with Crippen molar-refractivity contribution < 1.29 is 19.1 Å². The Morgan fingerprint density at radius 3 is 1.66 bits per heavy atom. The molecule has 3 aromatic rings. The minimum Gasteiger partial charge on any atom is -0.423 e. The van der Waals surface area contributed by atoms with Crippen molar-refractivity contribution in [3.8, 4) is 35.2 Å². The number of para-hydroxylation sites is 1. The lowest BCUT2D eigenvalue weighted by molar-refractivity contribution is -0.129. The summed E-state index contributed by atoms with van der Waals surface area (Å²) in [6.45, 7) is 6.76. The fraction of sp³-hybridized carbons (Fsp3) is 0. The van der Waals surface area contributed by atoms with E-state index in [-0.39, 0.29) is 0 Å². The number of ether oxygens (including phenoxy) is 2. The van der Waals surface area contributed by atoms with Crippen molar-refractivity contribution in [1.29, 1.82) is 0 Å². The molecule has 4 nitrogen and oxygen atoms in total. The lowest BCUT2D eigenvalue weighted by Gasteiger charge is -2.03. The van der Waals surface area contributed by atoms with Crippen molar-refractivity contribution in [3.05, 3.63) is 120 Å². The molecule has 0 fully saturated rings. The first-order valence-electron chi connectivity index (χ1n) is 9.59. The van der Waals surface area contributed by atoms with E-state index in [0.717, 1.165) is 28.8 Å². The molecule has 154 valence electrons. The van der Waals surface area contributed by atoms with Crippen molar-refractivity contribution >= 4 is 11.9 Å². The monoisotopic (exact) mass is 418 g/mol. The van der Waals surface area contributed by atoms with Crippen molar-refractivity contribution in [2.24, 2.45) is 0 Å². The molecule has 0 saturated carbocycles. The standard InChI is InChI=1S/C28H18O4/c1-3-27(29)31-25-19-16-23(17-20-25)14-11-21-9-12-22(13-10-21)15-18-24-7-5-6-8-26(24)32-28(30)4-2/h3-10,12-13,16-17,19-20H,1-2H2. The molecular formula is C28H18O4.